The topological polar surface area (TPSA) is 23.8 Å². The fourth-order valence-corrected chi connectivity index (χ4v) is 3.36. The Bertz CT molecular complexity index is 912. The summed E-state index contributed by atoms with van der Waals surface area (Å²) in [7, 11) is 0. The molecule has 4 aromatic rings. The lowest BCUT2D eigenvalue weighted by molar-refractivity contribution is 1.50. The second-order valence-electron chi connectivity index (χ2n) is 4.77. The van der Waals surface area contributed by atoms with Crippen molar-refractivity contribution < 1.29 is 0 Å². The van der Waals surface area contributed by atoms with Gasteiger partial charge >= 0.3 is 0 Å². The first-order valence-corrected chi connectivity index (χ1v) is 6.84. The van der Waals surface area contributed by atoms with Crippen LogP contribution in [-0.4, -0.2) is 0 Å². The Labute approximate surface area is 118 Å². The Balaban J connectivity index is 2.36. The molecule has 0 aromatic heterocycles. The van der Waals surface area contributed by atoms with Crippen molar-refractivity contribution in [3.8, 4) is 6.07 Å². The summed E-state index contributed by atoms with van der Waals surface area (Å²) in [5, 5.41) is 16.4. The first kappa shape index (κ1) is 10.8. The van der Waals surface area contributed by atoms with Crippen molar-refractivity contribution >= 4 is 48.2 Å². The largest absolute Gasteiger partial charge is 0.192 e. The lowest BCUT2D eigenvalue weighted by Crippen LogP contribution is -1.85. The molecular formula is C17H8BrN. The van der Waals surface area contributed by atoms with Crippen molar-refractivity contribution in [3.05, 3.63) is 58.6 Å². The van der Waals surface area contributed by atoms with Gasteiger partial charge in [0.1, 0.15) is 0 Å². The lowest BCUT2D eigenvalue weighted by Gasteiger charge is -2.11. The summed E-state index contributed by atoms with van der Waals surface area (Å²) >= 11 is 3.55. The van der Waals surface area contributed by atoms with Crippen molar-refractivity contribution in [1.29, 1.82) is 5.26 Å². The summed E-state index contributed by atoms with van der Waals surface area (Å²) in [5.41, 5.74) is 0.715. The van der Waals surface area contributed by atoms with Crippen molar-refractivity contribution in [2.45, 2.75) is 0 Å². The Morgan fingerprint density at radius 3 is 1.58 bits per heavy atom. The maximum Gasteiger partial charge on any atom is 0.0992 e. The summed E-state index contributed by atoms with van der Waals surface area (Å²) in [6.07, 6.45) is 0. The second-order valence-corrected chi connectivity index (χ2v) is 5.68. The summed E-state index contributed by atoms with van der Waals surface area (Å²) in [6.45, 7) is 0. The van der Waals surface area contributed by atoms with Crippen LogP contribution in [0.3, 0.4) is 0 Å². The zero-order chi connectivity index (χ0) is 13.0. The molecule has 0 atom stereocenters. The van der Waals surface area contributed by atoms with Crippen LogP contribution in [0.1, 0.15) is 5.56 Å². The van der Waals surface area contributed by atoms with Gasteiger partial charge in [-0.05, 0) is 56.6 Å². The van der Waals surface area contributed by atoms with E-state index in [0.29, 0.717) is 5.56 Å². The van der Waals surface area contributed by atoms with E-state index in [9.17, 15) is 0 Å². The summed E-state index contributed by atoms with van der Waals surface area (Å²) in [6, 6.07) is 18.9. The highest BCUT2D eigenvalue weighted by molar-refractivity contribution is 9.10. The number of benzene rings is 4. The molecule has 0 fully saturated rings. The van der Waals surface area contributed by atoms with E-state index in [1.807, 2.05) is 12.1 Å². The minimum atomic E-state index is 0.715. The first-order chi connectivity index (χ1) is 9.26. The van der Waals surface area contributed by atoms with Gasteiger partial charge in [0, 0.05) is 4.47 Å². The quantitative estimate of drug-likeness (QED) is 0.409. The Morgan fingerprint density at radius 1 is 0.737 bits per heavy atom. The number of hydrogen-bond donors (Lipinski definition) is 0. The third kappa shape index (κ3) is 1.46. The summed E-state index contributed by atoms with van der Waals surface area (Å²) in [5.74, 6) is 0. The zero-order valence-corrected chi connectivity index (χ0v) is 11.5. The third-order valence-electron chi connectivity index (χ3n) is 3.63. The van der Waals surface area contributed by atoms with Gasteiger partial charge in [-0.3, -0.25) is 0 Å². The lowest BCUT2D eigenvalue weighted by atomic mass is 9.93. The number of hydrogen-bond acceptors (Lipinski definition) is 1. The molecule has 88 valence electrons. The van der Waals surface area contributed by atoms with Gasteiger partial charge in [-0.15, -0.1) is 0 Å². The van der Waals surface area contributed by atoms with Crippen LogP contribution >= 0.6 is 15.9 Å². The molecule has 0 radical (unpaired) electrons. The highest BCUT2D eigenvalue weighted by atomic mass is 79.9. The molecule has 0 N–H and O–H groups in total. The molecule has 0 aliphatic carbocycles. The molecule has 4 aromatic carbocycles. The van der Waals surface area contributed by atoms with Gasteiger partial charge < -0.3 is 0 Å². The smallest absolute Gasteiger partial charge is 0.0992 e. The molecule has 0 unspecified atom stereocenters. The van der Waals surface area contributed by atoms with E-state index in [4.69, 9.17) is 5.26 Å². The molecule has 0 bridgehead atoms. The van der Waals surface area contributed by atoms with E-state index in [-0.39, 0.29) is 0 Å². The van der Waals surface area contributed by atoms with Gasteiger partial charge in [0.2, 0.25) is 0 Å². The summed E-state index contributed by atoms with van der Waals surface area (Å²) < 4.78 is 1.09. The monoisotopic (exact) mass is 305 g/mol. The van der Waals surface area contributed by atoms with Gasteiger partial charge in [-0.25, -0.2) is 0 Å². The molecule has 1 nitrogen and oxygen atoms in total. The minimum Gasteiger partial charge on any atom is -0.192 e. The van der Waals surface area contributed by atoms with Crippen LogP contribution in [0.25, 0.3) is 32.3 Å². The average Bonchev–Trinajstić information content (AvgIpc) is 2.43. The number of halogens is 1. The molecule has 0 saturated carbocycles. The van der Waals surface area contributed by atoms with Crippen LogP contribution in [-0.2, 0) is 0 Å². The van der Waals surface area contributed by atoms with Crippen molar-refractivity contribution in [2.24, 2.45) is 0 Å². The maximum absolute atomic E-state index is 9.10. The molecule has 4 rings (SSSR count). The van der Waals surface area contributed by atoms with Crippen LogP contribution in [0.5, 0.6) is 0 Å². The molecule has 2 heteroatoms. The minimum absolute atomic E-state index is 0.715. The van der Waals surface area contributed by atoms with Crippen LogP contribution in [0.2, 0.25) is 0 Å². The predicted molar refractivity (Wildman–Crippen MR) is 82.6 cm³/mol. The fourth-order valence-electron chi connectivity index (χ4n) is 2.86. The van der Waals surface area contributed by atoms with Crippen molar-refractivity contribution in [1.82, 2.24) is 0 Å². The molecule has 0 aliphatic heterocycles. The van der Waals surface area contributed by atoms with Gasteiger partial charge in [0.05, 0.1) is 11.6 Å². The van der Waals surface area contributed by atoms with E-state index >= 15 is 0 Å². The standard InChI is InChI=1S/C17H8BrN/c18-15-7-13-3-1-11-5-10(9-19)6-12-2-4-14(8-15)17(13)16(11)12/h1-8H. The Hall–Kier alpha value is -2.11. The molecule has 0 amide bonds. The number of rotatable bonds is 0. The van der Waals surface area contributed by atoms with Crippen LogP contribution in [0, 0.1) is 11.3 Å². The molecule has 0 spiro atoms. The first-order valence-electron chi connectivity index (χ1n) is 6.04. The SMILES string of the molecule is N#Cc1cc2ccc3cc(Br)cc4ccc(c1)c2c34. The second kappa shape index (κ2) is 3.69. The van der Waals surface area contributed by atoms with E-state index in [1.165, 1.54) is 21.5 Å². The van der Waals surface area contributed by atoms with Crippen molar-refractivity contribution in [3.63, 3.8) is 0 Å². The van der Waals surface area contributed by atoms with Crippen LogP contribution < -0.4 is 0 Å². The maximum atomic E-state index is 9.10. The van der Waals surface area contributed by atoms with Crippen LogP contribution in [0.4, 0.5) is 0 Å². The number of nitrogens with zero attached hydrogens (tertiary/aromatic N) is 1. The zero-order valence-electron chi connectivity index (χ0n) is 9.94. The Kier molecular flexibility index (Phi) is 2.09. The van der Waals surface area contributed by atoms with Gasteiger partial charge in [0.15, 0.2) is 0 Å². The van der Waals surface area contributed by atoms with E-state index in [1.54, 1.807) is 0 Å². The van der Waals surface area contributed by atoms with Crippen LogP contribution in [0.15, 0.2) is 53.0 Å². The predicted octanol–water partition coefficient (Wildman–Crippen LogP) is 5.22. The fraction of sp³-hybridized carbons (Fsp3) is 0. The van der Waals surface area contributed by atoms with E-state index < -0.39 is 0 Å². The van der Waals surface area contributed by atoms with E-state index in [0.717, 1.165) is 15.2 Å². The molecule has 0 aliphatic rings. The number of nitriles is 1. The highest BCUT2D eigenvalue weighted by Crippen LogP contribution is 2.36. The van der Waals surface area contributed by atoms with Gasteiger partial charge in [-0.1, -0.05) is 40.2 Å². The van der Waals surface area contributed by atoms with Crippen molar-refractivity contribution in [2.75, 3.05) is 0 Å². The average molecular weight is 306 g/mol. The highest BCUT2D eigenvalue weighted by Gasteiger charge is 2.09. The molecular weight excluding hydrogens is 298 g/mol. The van der Waals surface area contributed by atoms with Gasteiger partial charge in [0.25, 0.3) is 0 Å². The summed E-state index contributed by atoms with van der Waals surface area (Å²) in [4.78, 5) is 0. The Morgan fingerprint density at radius 2 is 1.16 bits per heavy atom. The molecule has 0 heterocycles. The van der Waals surface area contributed by atoms with E-state index in [2.05, 4.69) is 58.4 Å². The normalized spacial score (nSPS) is 11.4. The van der Waals surface area contributed by atoms with Gasteiger partial charge in [-0.2, -0.15) is 5.26 Å². The third-order valence-corrected chi connectivity index (χ3v) is 4.09. The molecule has 0 saturated heterocycles. The molecule has 19 heavy (non-hydrogen) atoms.